The average Bonchev–Trinajstić information content (AvgIpc) is 2.29. The van der Waals surface area contributed by atoms with Crippen molar-refractivity contribution in [3.05, 3.63) is 25.3 Å². The number of rotatable bonds is 6. The lowest BCUT2D eigenvalue weighted by Crippen LogP contribution is -2.20. The number of carboxylic acid groups (broad SMARTS) is 1. The van der Waals surface area contributed by atoms with Gasteiger partial charge >= 0.3 is 11.9 Å². The lowest BCUT2D eigenvalue weighted by molar-refractivity contribution is -0.278. The first-order valence-corrected chi connectivity index (χ1v) is 4.08. The smallest absolute Gasteiger partial charge is 0.365 e. The Hall–Kier alpha value is -1.70. The van der Waals surface area contributed by atoms with Gasteiger partial charge in [-0.05, 0) is 0 Å². The third-order valence-corrected chi connectivity index (χ3v) is 0.954. The molecule has 16 heavy (non-hydrogen) atoms. The number of aliphatic carboxylic acids is 1. The second-order valence-electron chi connectivity index (χ2n) is 2.27. The minimum Gasteiger partial charge on any atom is -0.478 e. The Morgan fingerprint density at radius 3 is 2.12 bits per heavy atom. The number of hydrogen-bond donors (Lipinski definition) is 3. The van der Waals surface area contributed by atoms with Crippen molar-refractivity contribution in [2.24, 2.45) is 0 Å². The van der Waals surface area contributed by atoms with Gasteiger partial charge in [0.1, 0.15) is 12.7 Å². The molecule has 0 aliphatic rings. The predicted octanol–water partition coefficient (Wildman–Crippen LogP) is -0.743. The lowest BCUT2D eigenvalue weighted by Gasteiger charge is -2.04. The van der Waals surface area contributed by atoms with Gasteiger partial charge in [0.05, 0.1) is 6.61 Å². The third-order valence-electron chi connectivity index (χ3n) is 0.954. The molecule has 0 bridgehead atoms. The van der Waals surface area contributed by atoms with Gasteiger partial charge in [0, 0.05) is 12.2 Å². The largest absolute Gasteiger partial charge is 0.478 e. The van der Waals surface area contributed by atoms with Gasteiger partial charge in [-0.3, -0.25) is 4.89 Å². The molecule has 92 valence electrons. The van der Waals surface area contributed by atoms with Gasteiger partial charge in [0.2, 0.25) is 0 Å². The van der Waals surface area contributed by atoms with Gasteiger partial charge < -0.3 is 15.3 Å². The van der Waals surface area contributed by atoms with Crippen molar-refractivity contribution in [2.75, 3.05) is 13.2 Å². The zero-order valence-corrected chi connectivity index (χ0v) is 8.54. The van der Waals surface area contributed by atoms with Crippen molar-refractivity contribution >= 4 is 11.9 Å². The summed E-state index contributed by atoms with van der Waals surface area (Å²) in [5.74, 6) is -1.72. The van der Waals surface area contributed by atoms with Crippen molar-refractivity contribution in [1.82, 2.24) is 0 Å². The Morgan fingerprint density at radius 1 is 1.31 bits per heavy atom. The van der Waals surface area contributed by atoms with Gasteiger partial charge in [0.15, 0.2) is 0 Å². The van der Waals surface area contributed by atoms with E-state index in [1.54, 1.807) is 0 Å². The van der Waals surface area contributed by atoms with Gasteiger partial charge in [-0.25, -0.2) is 9.59 Å². The standard InChI is InChI=1S/C6H10O5.C3H4O2/c1-2-6(9)11-10-4-5(8)3-7;1-2-3(4)5/h2,5,7-8H,1,3-4H2;2H,1H2,(H,4,5). The van der Waals surface area contributed by atoms with E-state index in [2.05, 4.69) is 22.9 Å². The normalized spacial score (nSPS) is 10.4. The average molecular weight is 234 g/mol. The molecule has 7 nitrogen and oxygen atoms in total. The van der Waals surface area contributed by atoms with E-state index in [0.717, 1.165) is 12.2 Å². The van der Waals surface area contributed by atoms with Gasteiger partial charge in [-0.1, -0.05) is 13.2 Å². The van der Waals surface area contributed by atoms with Gasteiger partial charge in [0.25, 0.3) is 0 Å². The molecule has 0 amide bonds. The fourth-order valence-electron chi connectivity index (χ4n) is 0.257. The van der Waals surface area contributed by atoms with Crippen LogP contribution in [0.25, 0.3) is 0 Å². The molecule has 1 unspecified atom stereocenters. The minimum absolute atomic E-state index is 0.254. The number of aliphatic hydroxyl groups is 2. The molecular formula is C9H14O7. The second kappa shape index (κ2) is 11.4. The molecule has 0 saturated heterocycles. The molecule has 0 saturated carbocycles. The molecule has 0 aliphatic carbocycles. The van der Waals surface area contributed by atoms with E-state index >= 15 is 0 Å². The molecule has 0 heterocycles. The summed E-state index contributed by atoms with van der Waals surface area (Å²) in [5, 5.41) is 24.5. The van der Waals surface area contributed by atoms with Crippen LogP contribution in [0.2, 0.25) is 0 Å². The molecule has 0 aromatic carbocycles. The van der Waals surface area contributed by atoms with Crippen LogP contribution in [0.4, 0.5) is 0 Å². The molecule has 0 aromatic heterocycles. The van der Waals surface area contributed by atoms with Crippen LogP contribution in [-0.2, 0) is 19.4 Å². The molecule has 0 aromatic rings. The molecule has 7 heteroatoms. The Morgan fingerprint density at radius 2 is 1.81 bits per heavy atom. The van der Waals surface area contributed by atoms with Crippen LogP contribution in [0.3, 0.4) is 0 Å². The molecule has 0 aliphatic heterocycles. The number of carbonyl (C=O) groups excluding carboxylic acids is 1. The molecule has 1 atom stereocenters. The van der Waals surface area contributed by atoms with Crippen LogP contribution in [0.1, 0.15) is 0 Å². The van der Waals surface area contributed by atoms with E-state index < -0.39 is 24.6 Å². The first-order valence-electron chi connectivity index (χ1n) is 4.08. The van der Waals surface area contributed by atoms with E-state index in [-0.39, 0.29) is 6.61 Å². The highest BCUT2D eigenvalue weighted by atomic mass is 17.2. The summed E-state index contributed by atoms with van der Waals surface area (Å²) >= 11 is 0. The van der Waals surface area contributed by atoms with E-state index in [1.165, 1.54) is 0 Å². The summed E-state index contributed by atoms with van der Waals surface area (Å²) in [7, 11) is 0. The maximum Gasteiger partial charge on any atom is 0.365 e. The van der Waals surface area contributed by atoms with Crippen LogP contribution in [-0.4, -0.2) is 46.6 Å². The maximum atomic E-state index is 10.3. The summed E-state index contributed by atoms with van der Waals surface area (Å²) in [5.41, 5.74) is 0. The van der Waals surface area contributed by atoms with E-state index in [1.807, 2.05) is 0 Å². The Labute approximate surface area is 92.1 Å². The molecule has 0 fully saturated rings. The summed E-state index contributed by atoms with van der Waals surface area (Å²) < 4.78 is 0. The summed E-state index contributed by atoms with van der Waals surface area (Å²) in [4.78, 5) is 27.8. The summed E-state index contributed by atoms with van der Waals surface area (Å²) in [6, 6.07) is 0. The lowest BCUT2D eigenvalue weighted by atomic mass is 10.4. The monoisotopic (exact) mass is 234 g/mol. The second-order valence-corrected chi connectivity index (χ2v) is 2.27. The topological polar surface area (TPSA) is 113 Å². The molecule has 0 rings (SSSR count). The summed E-state index contributed by atoms with van der Waals surface area (Å²) in [6.07, 6.45) is 0.721. The highest BCUT2D eigenvalue weighted by molar-refractivity contribution is 5.80. The van der Waals surface area contributed by atoms with E-state index in [9.17, 15) is 9.59 Å². The Kier molecular flexibility index (Phi) is 11.9. The van der Waals surface area contributed by atoms with E-state index in [4.69, 9.17) is 15.3 Å². The molecule has 0 spiro atoms. The predicted molar refractivity (Wildman–Crippen MR) is 53.2 cm³/mol. The van der Waals surface area contributed by atoms with Gasteiger partial charge in [-0.2, -0.15) is 4.89 Å². The number of aliphatic hydroxyl groups excluding tert-OH is 2. The van der Waals surface area contributed by atoms with Gasteiger partial charge in [-0.15, -0.1) is 0 Å². The highest BCUT2D eigenvalue weighted by Gasteiger charge is 2.03. The first-order chi connectivity index (χ1) is 7.47. The number of hydrogen-bond acceptors (Lipinski definition) is 6. The van der Waals surface area contributed by atoms with E-state index in [0.29, 0.717) is 0 Å². The van der Waals surface area contributed by atoms with Crippen LogP contribution < -0.4 is 0 Å². The van der Waals surface area contributed by atoms with Crippen LogP contribution >= 0.6 is 0 Å². The molecule has 3 N–H and O–H groups in total. The van der Waals surface area contributed by atoms with Crippen molar-refractivity contribution in [3.8, 4) is 0 Å². The summed E-state index contributed by atoms with van der Waals surface area (Å²) in [6.45, 7) is 5.38. The SMILES string of the molecule is C=CC(=O)O.C=CC(=O)OOCC(O)CO. The number of carboxylic acids is 1. The zero-order valence-electron chi connectivity index (χ0n) is 8.54. The quantitative estimate of drug-likeness (QED) is 0.315. The van der Waals surface area contributed by atoms with Crippen molar-refractivity contribution in [3.63, 3.8) is 0 Å². The first kappa shape index (κ1) is 16.7. The van der Waals surface area contributed by atoms with Crippen LogP contribution in [0.5, 0.6) is 0 Å². The zero-order chi connectivity index (χ0) is 13.0. The van der Waals surface area contributed by atoms with Crippen molar-refractivity contribution < 1.29 is 34.7 Å². The molecule has 0 radical (unpaired) electrons. The third kappa shape index (κ3) is 14.8. The van der Waals surface area contributed by atoms with Crippen LogP contribution in [0, 0.1) is 0 Å². The Bertz CT molecular complexity index is 236. The number of carbonyl (C=O) groups is 2. The van der Waals surface area contributed by atoms with Crippen LogP contribution in [0.15, 0.2) is 25.3 Å². The highest BCUT2D eigenvalue weighted by Crippen LogP contribution is 1.86. The minimum atomic E-state index is -1.03. The van der Waals surface area contributed by atoms with Crippen molar-refractivity contribution in [1.29, 1.82) is 0 Å². The maximum absolute atomic E-state index is 10.3. The van der Waals surface area contributed by atoms with Crippen molar-refractivity contribution in [2.45, 2.75) is 6.10 Å². The fraction of sp³-hybridized carbons (Fsp3) is 0.333. The fourth-order valence-corrected chi connectivity index (χ4v) is 0.257. The molecular weight excluding hydrogens is 220 g/mol. The Balaban J connectivity index is 0.